The Morgan fingerprint density at radius 2 is 1.47 bits per heavy atom. The van der Waals surface area contributed by atoms with E-state index in [1.54, 1.807) is 33.6 Å². The minimum absolute atomic E-state index is 0.109. The van der Waals surface area contributed by atoms with Crippen LogP contribution in [0.1, 0.15) is 20.3 Å². The zero-order valence-corrected chi connectivity index (χ0v) is 25.5. The molecular weight excluding hydrogens is 566 g/mol. The Kier molecular flexibility index (Phi) is 7.76. The fourth-order valence-electron chi connectivity index (χ4n) is 7.12. The molecule has 0 aromatic heterocycles. The third-order valence-electron chi connectivity index (χ3n) is 8.96. The number of carbonyl (C=O) groups excluding carboxylic acids is 3. The number of thioether (sulfide) groups is 1. The van der Waals surface area contributed by atoms with Gasteiger partial charge in [0.05, 0.1) is 30.3 Å². The summed E-state index contributed by atoms with van der Waals surface area (Å²) in [7, 11) is 1.59. The number of benzene rings is 2. The van der Waals surface area contributed by atoms with Crippen LogP contribution in [0.4, 0.5) is 11.4 Å². The van der Waals surface area contributed by atoms with Gasteiger partial charge < -0.3 is 29.3 Å². The predicted molar refractivity (Wildman–Crippen MR) is 167 cm³/mol. The molecule has 1 spiro atoms. The summed E-state index contributed by atoms with van der Waals surface area (Å²) in [5.41, 5.74) is 1.43. The number of nitrogens with zero attached hydrogens (tertiary/aromatic N) is 3. The molecule has 2 fully saturated rings. The highest BCUT2D eigenvalue weighted by Gasteiger charge is 2.74. The summed E-state index contributed by atoms with van der Waals surface area (Å²) in [5.74, 6) is -0.591. The van der Waals surface area contributed by atoms with Gasteiger partial charge in [-0.2, -0.15) is 0 Å². The molecule has 3 amide bonds. The molecule has 1 N–H and O–H groups in total. The fourth-order valence-corrected chi connectivity index (χ4v) is 9.28. The van der Waals surface area contributed by atoms with Gasteiger partial charge in [0.15, 0.2) is 0 Å². The summed E-state index contributed by atoms with van der Waals surface area (Å²) in [4.78, 5) is 48.6. The number of carbonyl (C=O) groups is 3. The smallest absolute Gasteiger partial charge is 0.251 e. The summed E-state index contributed by atoms with van der Waals surface area (Å²) in [6, 6.07) is 13.9. The van der Waals surface area contributed by atoms with Crippen molar-refractivity contribution >= 4 is 40.9 Å². The van der Waals surface area contributed by atoms with Crippen molar-refractivity contribution in [3.63, 3.8) is 0 Å². The van der Waals surface area contributed by atoms with E-state index < -0.39 is 27.4 Å². The molecule has 2 aromatic carbocycles. The second-order valence-electron chi connectivity index (χ2n) is 11.4. The Morgan fingerprint density at radius 1 is 0.860 bits per heavy atom. The molecule has 0 radical (unpaired) electrons. The first-order valence-corrected chi connectivity index (χ1v) is 15.6. The fraction of sp³-hybridized carbons (Fsp3) is 0.424. The van der Waals surface area contributed by atoms with E-state index in [1.807, 2.05) is 80.6 Å². The van der Waals surface area contributed by atoms with E-state index in [9.17, 15) is 19.5 Å². The number of aliphatic hydroxyl groups excluding tert-OH is 1. The summed E-state index contributed by atoms with van der Waals surface area (Å²) in [6.45, 7) is 5.31. The van der Waals surface area contributed by atoms with E-state index in [-0.39, 0.29) is 30.9 Å². The molecule has 2 aromatic rings. The largest absolute Gasteiger partial charge is 0.497 e. The maximum atomic E-state index is 14.5. The third-order valence-corrected chi connectivity index (χ3v) is 10.8. The van der Waals surface area contributed by atoms with Crippen LogP contribution in [-0.4, -0.2) is 83.2 Å². The standard InChI is InChI=1S/C33H37N3O6S/c1-4-42-25-14-10-22(11-15-25)34-18-5-16-32(2)26(29(34)38)27-30(39)36(20-7-21-37)28-31(40)35(19-6-17-33(27,28)43-32)23-8-12-24(41-3)13-9-23/h5-6,8-17,26-28,37H,4,7,18-21H2,1-3H3/t26-,27-,28?,32+,33-/m0/s1. The highest BCUT2D eigenvalue weighted by Crippen LogP contribution is 2.65. The van der Waals surface area contributed by atoms with Crippen LogP contribution in [0, 0.1) is 11.8 Å². The van der Waals surface area contributed by atoms with Crippen molar-refractivity contribution in [1.82, 2.24) is 4.90 Å². The third kappa shape index (κ3) is 4.71. The molecule has 10 heteroatoms. The second-order valence-corrected chi connectivity index (χ2v) is 13.2. The summed E-state index contributed by atoms with van der Waals surface area (Å²) in [5, 5.41) is 9.69. The van der Waals surface area contributed by atoms with E-state index in [0.717, 1.165) is 11.4 Å². The zero-order chi connectivity index (χ0) is 30.4. The highest BCUT2D eigenvalue weighted by molar-refractivity contribution is 8.02. The number of ether oxygens (including phenoxy) is 2. The van der Waals surface area contributed by atoms with Crippen molar-refractivity contribution in [3.05, 3.63) is 72.8 Å². The van der Waals surface area contributed by atoms with Gasteiger partial charge in [-0.3, -0.25) is 14.4 Å². The lowest BCUT2D eigenvalue weighted by atomic mass is 9.74. The number of likely N-dealkylation sites (tertiary alicyclic amines) is 1. The monoisotopic (exact) mass is 603 g/mol. The number of hydrogen-bond donors (Lipinski definition) is 1. The maximum Gasteiger partial charge on any atom is 0.251 e. The average molecular weight is 604 g/mol. The lowest BCUT2D eigenvalue weighted by Gasteiger charge is -2.36. The molecule has 6 rings (SSSR count). The van der Waals surface area contributed by atoms with Crippen LogP contribution in [-0.2, 0) is 14.4 Å². The molecular formula is C33H37N3O6S. The zero-order valence-electron chi connectivity index (χ0n) is 24.6. The van der Waals surface area contributed by atoms with E-state index in [1.165, 1.54) is 0 Å². The van der Waals surface area contributed by atoms with E-state index in [4.69, 9.17) is 9.47 Å². The molecule has 9 nitrogen and oxygen atoms in total. The van der Waals surface area contributed by atoms with Crippen LogP contribution >= 0.6 is 11.8 Å². The Hall–Kier alpha value is -3.76. The molecule has 4 aliphatic rings. The van der Waals surface area contributed by atoms with Gasteiger partial charge >= 0.3 is 0 Å². The maximum absolute atomic E-state index is 14.5. The summed E-state index contributed by atoms with van der Waals surface area (Å²) in [6.07, 6.45) is 8.34. The van der Waals surface area contributed by atoms with Crippen LogP contribution in [0.3, 0.4) is 0 Å². The Bertz CT molecular complexity index is 1460. The summed E-state index contributed by atoms with van der Waals surface area (Å²) < 4.78 is 9.24. The van der Waals surface area contributed by atoms with Gasteiger partial charge in [0.1, 0.15) is 17.5 Å². The quantitative estimate of drug-likeness (QED) is 0.460. The highest BCUT2D eigenvalue weighted by atomic mass is 32.2. The van der Waals surface area contributed by atoms with Gasteiger partial charge in [0.2, 0.25) is 11.8 Å². The van der Waals surface area contributed by atoms with Crippen molar-refractivity contribution in [2.75, 3.05) is 49.8 Å². The molecule has 4 aliphatic heterocycles. The van der Waals surface area contributed by atoms with Gasteiger partial charge in [-0.1, -0.05) is 24.3 Å². The van der Waals surface area contributed by atoms with Crippen molar-refractivity contribution in [2.24, 2.45) is 11.8 Å². The van der Waals surface area contributed by atoms with Crippen LogP contribution in [0.25, 0.3) is 0 Å². The van der Waals surface area contributed by atoms with Crippen molar-refractivity contribution in [3.8, 4) is 11.5 Å². The first-order valence-electron chi connectivity index (χ1n) is 14.7. The molecule has 43 heavy (non-hydrogen) atoms. The number of fused-ring (bicyclic) bond motifs is 2. The van der Waals surface area contributed by atoms with Crippen molar-refractivity contribution in [2.45, 2.75) is 35.8 Å². The molecule has 5 atom stereocenters. The lowest BCUT2D eigenvalue weighted by Crippen LogP contribution is -2.53. The number of methoxy groups -OCH3 is 1. The normalized spacial score (nSPS) is 29.7. The molecule has 0 bridgehead atoms. The first-order chi connectivity index (χ1) is 20.8. The molecule has 1 unspecified atom stereocenters. The van der Waals surface area contributed by atoms with Crippen molar-refractivity contribution in [1.29, 1.82) is 0 Å². The number of amides is 3. The minimum Gasteiger partial charge on any atom is -0.497 e. The lowest BCUT2D eigenvalue weighted by molar-refractivity contribution is -0.139. The van der Waals surface area contributed by atoms with Crippen LogP contribution in [0.15, 0.2) is 72.8 Å². The topological polar surface area (TPSA) is 99.6 Å². The van der Waals surface area contributed by atoms with Crippen molar-refractivity contribution < 1.29 is 29.0 Å². The van der Waals surface area contributed by atoms with Gasteiger partial charge in [-0.25, -0.2) is 0 Å². The predicted octanol–water partition coefficient (Wildman–Crippen LogP) is 3.67. The van der Waals surface area contributed by atoms with E-state index >= 15 is 0 Å². The molecule has 2 saturated heterocycles. The van der Waals surface area contributed by atoms with Crippen LogP contribution < -0.4 is 19.3 Å². The van der Waals surface area contributed by atoms with E-state index in [2.05, 4.69) is 6.08 Å². The van der Waals surface area contributed by atoms with Crippen LogP contribution in [0.2, 0.25) is 0 Å². The SMILES string of the molecule is CCOc1ccc(N2CC=C[C@@]3(C)S[C@]45C=CCN(c6ccc(OC)cc6)C(=O)C4N(CCCO)C(=O)[C@@H]5[C@H]3C2=O)cc1. The molecule has 0 saturated carbocycles. The number of aliphatic hydroxyl groups is 1. The Labute approximate surface area is 256 Å². The Balaban J connectivity index is 1.41. The van der Waals surface area contributed by atoms with Gasteiger partial charge in [-0.15, -0.1) is 11.8 Å². The molecule has 4 heterocycles. The van der Waals surface area contributed by atoms with Gasteiger partial charge in [-0.05, 0) is 68.8 Å². The summed E-state index contributed by atoms with van der Waals surface area (Å²) >= 11 is 1.55. The van der Waals surface area contributed by atoms with Gasteiger partial charge in [0, 0.05) is 42.4 Å². The molecule has 226 valence electrons. The van der Waals surface area contributed by atoms with Crippen LogP contribution in [0.5, 0.6) is 11.5 Å². The number of rotatable bonds is 8. The van der Waals surface area contributed by atoms with E-state index in [0.29, 0.717) is 37.6 Å². The first kappa shape index (κ1) is 29.3. The minimum atomic E-state index is -0.952. The number of anilines is 2. The second kappa shape index (κ2) is 11.4. The molecule has 0 aliphatic carbocycles. The average Bonchev–Trinajstić information content (AvgIpc) is 3.27. The number of hydrogen-bond acceptors (Lipinski definition) is 7. The van der Waals surface area contributed by atoms with Gasteiger partial charge in [0.25, 0.3) is 5.91 Å². The Morgan fingerprint density at radius 3 is 2.07 bits per heavy atom.